The van der Waals surface area contributed by atoms with E-state index in [1.54, 1.807) is 36.5 Å². The number of benzene rings is 1. The Morgan fingerprint density at radius 3 is 2.65 bits per heavy atom. The van der Waals surface area contributed by atoms with Crippen molar-refractivity contribution in [2.45, 2.75) is 19.4 Å². The van der Waals surface area contributed by atoms with Gasteiger partial charge >= 0.3 is 0 Å². The average Bonchev–Trinajstić information content (AvgIpc) is 3.15. The summed E-state index contributed by atoms with van der Waals surface area (Å²) < 4.78 is 0. The maximum Gasteiger partial charge on any atom is 0.251 e. The van der Waals surface area contributed by atoms with Gasteiger partial charge in [0.2, 0.25) is 5.95 Å². The first kappa shape index (κ1) is 15.0. The number of nitrogens with one attached hydrogen (secondary N) is 1. The van der Waals surface area contributed by atoms with Crippen LogP contribution in [0.1, 0.15) is 34.5 Å². The Balaban J connectivity index is 1.62. The second kappa shape index (κ2) is 6.88. The van der Waals surface area contributed by atoms with Gasteiger partial charge in [-0.1, -0.05) is 0 Å². The summed E-state index contributed by atoms with van der Waals surface area (Å²) in [4.78, 5) is 23.1. The molecule has 6 nitrogen and oxygen atoms in total. The fourth-order valence-corrected chi connectivity index (χ4v) is 2.52. The Labute approximate surface area is 134 Å². The monoisotopic (exact) mass is 307 g/mol. The number of hydrogen-bond donors (Lipinski definition) is 1. The van der Waals surface area contributed by atoms with Crippen molar-refractivity contribution in [1.82, 2.24) is 15.3 Å². The third-order valence-electron chi connectivity index (χ3n) is 3.80. The third-order valence-corrected chi connectivity index (χ3v) is 3.80. The molecule has 2 aromatic rings. The van der Waals surface area contributed by atoms with Crippen LogP contribution in [0.3, 0.4) is 0 Å². The largest absolute Gasteiger partial charge is 0.346 e. The van der Waals surface area contributed by atoms with Crippen LogP contribution in [0.4, 0.5) is 5.95 Å². The average molecular weight is 307 g/mol. The Hall–Kier alpha value is -2.94. The molecule has 0 aliphatic carbocycles. The van der Waals surface area contributed by atoms with Crippen molar-refractivity contribution in [2.75, 3.05) is 18.0 Å². The van der Waals surface area contributed by atoms with E-state index in [1.807, 2.05) is 6.07 Å². The summed E-state index contributed by atoms with van der Waals surface area (Å²) >= 11 is 0. The number of nitrogens with zero attached hydrogens (tertiary/aromatic N) is 4. The van der Waals surface area contributed by atoms with Gasteiger partial charge in [-0.3, -0.25) is 4.79 Å². The van der Waals surface area contributed by atoms with Crippen LogP contribution in [-0.2, 0) is 6.54 Å². The lowest BCUT2D eigenvalue weighted by atomic mass is 10.1. The van der Waals surface area contributed by atoms with Crippen molar-refractivity contribution >= 4 is 11.9 Å². The molecular formula is C17H17N5O. The number of hydrogen-bond acceptors (Lipinski definition) is 5. The normalized spacial score (nSPS) is 13.6. The highest BCUT2D eigenvalue weighted by atomic mass is 16.1. The molecule has 23 heavy (non-hydrogen) atoms. The van der Waals surface area contributed by atoms with E-state index in [-0.39, 0.29) is 5.91 Å². The third kappa shape index (κ3) is 3.64. The van der Waals surface area contributed by atoms with Crippen LogP contribution >= 0.6 is 0 Å². The van der Waals surface area contributed by atoms with Crippen molar-refractivity contribution in [3.63, 3.8) is 0 Å². The molecule has 1 aromatic heterocycles. The topological polar surface area (TPSA) is 81.9 Å². The van der Waals surface area contributed by atoms with Gasteiger partial charge in [-0.15, -0.1) is 0 Å². The predicted molar refractivity (Wildman–Crippen MR) is 85.8 cm³/mol. The van der Waals surface area contributed by atoms with Crippen molar-refractivity contribution in [2.24, 2.45) is 0 Å². The van der Waals surface area contributed by atoms with Gasteiger partial charge in [0.25, 0.3) is 5.91 Å². The molecule has 0 bridgehead atoms. The molecule has 0 unspecified atom stereocenters. The zero-order chi connectivity index (χ0) is 16.1. The highest BCUT2D eigenvalue weighted by molar-refractivity contribution is 5.94. The minimum Gasteiger partial charge on any atom is -0.346 e. The molecule has 1 aliphatic rings. The van der Waals surface area contributed by atoms with Gasteiger partial charge in [0, 0.05) is 24.8 Å². The van der Waals surface area contributed by atoms with Gasteiger partial charge < -0.3 is 10.2 Å². The summed E-state index contributed by atoms with van der Waals surface area (Å²) in [5, 5.41) is 11.6. The second-order valence-electron chi connectivity index (χ2n) is 5.41. The SMILES string of the molecule is N#Cc1ccc(C(=O)NCc2ccnc(N3CCCC3)n2)cc1. The summed E-state index contributed by atoms with van der Waals surface area (Å²) in [6, 6.07) is 10.4. The lowest BCUT2D eigenvalue weighted by Gasteiger charge is -2.15. The van der Waals surface area contributed by atoms with Gasteiger partial charge in [-0.05, 0) is 43.2 Å². The minimum absolute atomic E-state index is 0.184. The summed E-state index contributed by atoms with van der Waals surface area (Å²) in [6.45, 7) is 2.32. The van der Waals surface area contributed by atoms with E-state index >= 15 is 0 Å². The molecule has 0 radical (unpaired) electrons. The first-order valence-corrected chi connectivity index (χ1v) is 7.61. The molecule has 1 amide bonds. The summed E-state index contributed by atoms with van der Waals surface area (Å²) in [5.74, 6) is 0.545. The van der Waals surface area contributed by atoms with Crippen LogP contribution in [0.25, 0.3) is 0 Å². The Morgan fingerprint density at radius 2 is 1.96 bits per heavy atom. The lowest BCUT2D eigenvalue weighted by Crippen LogP contribution is -2.25. The maximum atomic E-state index is 12.1. The molecule has 0 atom stereocenters. The molecule has 0 saturated carbocycles. The molecule has 1 saturated heterocycles. The zero-order valence-corrected chi connectivity index (χ0v) is 12.7. The number of anilines is 1. The quantitative estimate of drug-likeness (QED) is 0.932. The van der Waals surface area contributed by atoms with Crippen LogP contribution in [0.2, 0.25) is 0 Å². The highest BCUT2D eigenvalue weighted by Gasteiger charge is 2.15. The summed E-state index contributed by atoms with van der Waals surface area (Å²) in [5.41, 5.74) is 1.84. The van der Waals surface area contributed by atoms with E-state index in [4.69, 9.17) is 5.26 Å². The van der Waals surface area contributed by atoms with Gasteiger partial charge in [0.05, 0.1) is 23.9 Å². The number of carbonyl (C=O) groups is 1. The molecule has 0 spiro atoms. The van der Waals surface area contributed by atoms with E-state index in [1.165, 1.54) is 12.8 Å². The molecule has 1 N–H and O–H groups in total. The number of amides is 1. The lowest BCUT2D eigenvalue weighted by molar-refractivity contribution is 0.0950. The Morgan fingerprint density at radius 1 is 1.22 bits per heavy atom. The molecular weight excluding hydrogens is 290 g/mol. The first-order valence-electron chi connectivity index (χ1n) is 7.61. The van der Waals surface area contributed by atoms with Gasteiger partial charge in [-0.2, -0.15) is 5.26 Å². The maximum absolute atomic E-state index is 12.1. The summed E-state index contributed by atoms with van der Waals surface area (Å²) in [6.07, 6.45) is 4.07. The van der Waals surface area contributed by atoms with Crippen molar-refractivity contribution in [1.29, 1.82) is 5.26 Å². The van der Waals surface area contributed by atoms with E-state index in [0.29, 0.717) is 17.7 Å². The molecule has 3 rings (SSSR count). The standard InChI is InChI=1S/C17H17N5O/c18-11-13-3-5-14(6-4-13)16(23)20-12-15-7-8-19-17(21-15)22-9-1-2-10-22/h3-8H,1-2,9-10,12H2,(H,20,23). The van der Waals surface area contributed by atoms with E-state index in [9.17, 15) is 4.79 Å². The molecule has 6 heteroatoms. The fourth-order valence-electron chi connectivity index (χ4n) is 2.52. The van der Waals surface area contributed by atoms with Crippen molar-refractivity contribution in [3.05, 3.63) is 53.3 Å². The van der Waals surface area contributed by atoms with Gasteiger partial charge in [0.1, 0.15) is 0 Å². The zero-order valence-electron chi connectivity index (χ0n) is 12.7. The molecule has 1 aromatic carbocycles. The second-order valence-corrected chi connectivity index (χ2v) is 5.41. The highest BCUT2D eigenvalue weighted by Crippen LogP contribution is 2.15. The van der Waals surface area contributed by atoms with E-state index in [2.05, 4.69) is 20.2 Å². The Bertz CT molecular complexity index is 729. The van der Waals surface area contributed by atoms with Gasteiger partial charge in [0.15, 0.2) is 0 Å². The van der Waals surface area contributed by atoms with Crippen molar-refractivity contribution in [3.8, 4) is 6.07 Å². The first-order chi connectivity index (χ1) is 11.3. The molecule has 2 heterocycles. The number of aromatic nitrogens is 2. The van der Waals surface area contributed by atoms with Crippen LogP contribution in [0.5, 0.6) is 0 Å². The van der Waals surface area contributed by atoms with Crippen LogP contribution in [0.15, 0.2) is 36.5 Å². The van der Waals surface area contributed by atoms with Gasteiger partial charge in [-0.25, -0.2) is 9.97 Å². The summed E-state index contributed by atoms with van der Waals surface area (Å²) in [7, 11) is 0. The number of nitriles is 1. The van der Waals surface area contributed by atoms with Crippen LogP contribution in [0, 0.1) is 11.3 Å². The Kier molecular flexibility index (Phi) is 4.48. The molecule has 1 aliphatic heterocycles. The van der Waals surface area contributed by atoms with E-state index < -0.39 is 0 Å². The number of rotatable bonds is 4. The van der Waals surface area contributed by atoms with Crippen LogP contribution in [-0.4, -0.2) is 29.0 Å². The predicted octanol–water partition coefficient (Wildman–Crippen LogP) is 1.88. The van der Waals surface area contributed by atoms with Crippen molar-refractivity contribution < 1.29 is 4.79 Å². The minimum atomic E-state index is -0.184. The smallest absolute Gasteiger partial charge is 0.251 e. The fraction of sp³-hybridized carbons (Fsp3) is 0.294. The molecule has 1 fully saturated rings. The number of carbonyl (C=O) groups excluding carboxylic acids is 1. The molecule has 116 valence electrons. The van der Waals surface area contributed by atoms with Crippen LogP contribution < -0.4 is 10.2 Å². The van der Waals surface area contributed by atoms with E-state index in [0.717, 1.165) is 24.7 Å².